The average Bonchev–Trinajstić information content (AvgIpc) is 2.73. The molecule has 2 fully saturated rings. The lowest BCUT2D eigenvalue weighted by molar-refractivity contribution is 0.160. The molecule has 6 nitrogen and oxygen atoms in total. The van der Waals surface area contributed by atoms with Crippen molar-refractivity contribution in [2.45, 2.75) is 51.0 Å². The Morgan fingerprint density at radius 1 is 1.21 bits per heavy atom. The molecule has 0 aromatic carbocycles. The van der Waals surface area contributed by atoms with E-state index in [1.165, 1.54) is 64.6 Å². The summed E-state index contributed by atoms with van der Waals surface area (Å²) in [5, 5.41) is 6.92. The Morgan fingerprint density at radius 3 is 2.68 bits per heavy atom. The molecule has 1 aromatic rings. The monoisotopic (exact) mass is 501 g/mol. The summed E-state index contributed by atoms with van der Waals surface area (Å²) in [6, 6.07) is 4.31. The van der Waals surface area contributed by atoms with Crippen molar-refractivity contribution in [3.8, 4) is 5.75 Å². The fourth-order valence-electron chi connectivity index (χ4n) is 4.15. The second-order valence-corrected chi connectivity index (χ2v) is 7.76. The molecule has 0 bridgehead atoms. The number of ether oxygens (including phenoxy) is 1. The van der Waals surface area contributed by atoms with Crippen LogP contribution in [0.4, 0.5) is 0 Å². The molecule has 1 saturated carbocycles. The fourth-order valence-corrected chi connectivity index (χ4v) is 4.15. The van der Waals surface area contributed by atoms with Gasteiger partial charge in [0.15, 0.2) is 5.96 Å². The first-order valence-corrected chi connectivity index (χ1v) is 10.6. The van der Waals surface area contributed by atoms with Crippen molar-refractivity contribution in [1.29, 1.82) is 0 Å². The van der Waals surface area contributed by atoms with Gasteiger partial charge in [0, 0.05) is 38.9 Å². The number of guanidine groups is 1. The average molecular weight is 501 g/mol. The molecule has 7 heteroatoms. The number of aliphatic imine (C=N–C) groups is 1. The van der Waals surface area contributed by atoms with Crippen LogP contribution >= 0.6 is 24.0 Å². The van der Waals surface area contributed by atoms with Gasteiger partial charge in [0.05, 0.1) is 12.7 Å². The van der Waals surface area contributed by atoms with E-state index in [4.69, 9.17) is 4.74 Å². The summed E-state index contributed by atoms with van der Waals surface area (Å²) < 4.78 is 5.66. The number of piperidine rings is 1. The Labute approximate surface area is 186 Å². The molecule has 0 amide bonds. The van der Waals surface area contributed by atoms with Crippen LogP contribution < -0.4 is 15.4 Å². The fraction of sp³-hybridized carbons (Fsp3) is 0.714. The lowest BCUT2D eigenvalue weighted by atomic mass is 9.88. The summed E-state index contributed by atoms with van der Waals surface area (Å²) in [6.45, 7) is 5.03. The van der Waals surface area contributed by atoms with Gasteiger partial charge in [-0.2, -0.15) is 0 Å². The van der Waals surface area contributed by atoms with E-state index in [1.54, 1.807) is 12.4 Å². The molecule has 1 aliphatic carbocycles. The lowest BCUT2D eigenvalue weighted by Gasteiger charge is -2.36. The first-order valence-electron chi connectivity index (χ1n) is 10.6. The van der Waals surface area contributed by atoms with E-state index in [9.17, 15) is 0 Å². The van der Waals surface area contributed by atoms with Gasteiger partial charge in [0.25, 0.3) is 0 Å². The Morgan fingerprint density at radius 2 is 2.00 bits per heavy atom. The number of rotatable bonds is 7. The number of pyridine rings is 1. The first kappa shape index (κ1) is 23.2. The zero-order valence-corrected chi connectivity index (χ0v) is 19.4. The maximum Gasteiger partial charge on any atom is 0.191 e. The van der Waals surface area contributed by atoms with Gasteiger partial charge in [-0.05, 0) is 43.7 Å². The molecule has 0 spiro atoms. The summed E-state index contributed by atoms with van der Waals surface area (Å²) in [4.78, 5) is 11.1. The van der Waals surface area contributed by atoms with E-state index in [0.717, 1.165) is 24.2 Å². The van der Waals surface area contributed by atoms with Crippen molar-refractivity contribution in [2.75, 3.05) is 39.8 Å². The van der Waals surface area contributed by atoms with Crippen LogP contribution in [0.3, 0.4) is 0 Å². The van der Waals surface area contributed by atoms with Crippen LogP contribution in [-0.4, -0.2) is 61.7 Å². The highest BCUT2D eigenvalue weighted by Crippen LogP contribution is 2.25. The largest absolute Gasteiger partial charge is 0.490 e. The first-order chi connectivity index (χ1) is 13.3. The predicted molar refractivity (Wildman–Crippen MR) is 126 cm³/mol. The Hall–Kier alpha value is -1.09. The molecule has 2 aliphatic rings. The van der Waals surface area contributed by atoms with Gasteiger partial charge in [-0.1, -0.05) is 19.3 Å². The van der Waals surface area contributed by atoms with Crippen LogP contribution in [0.15, 0.2) is 29.5 Å². The lowest BCUT2D eigenvalue weighted by Crippen LogP contribution is -2.49. The van der Waals surface area contributed by atoms with Crippen LogP contribution in [0.25, 0.3) is 0 Å². The number of likely N-dealkylation sites (tertiary alicyclic amines) is 1. The molecule has 0 atom stereocenters. The van der Waals surface area contributed by atoms with Crippen LogP contribution in [0.5, 0.6) is 5.75 Å². The third-order valence-electron chi connectivity index (χ3n) is 5.69. The molecule has 0 unspecified atom stereocenters. The molecular weight excluding hydrogens is 465 g/mol. The third-order valence-corrected chi connectivity index (χ3v) is 5.69. The van der Waals surface area contributed by atoms with Crippen LogP contribution in [0, 0.1) is 5.92 Å². The highest BCUT2D eigenvalue weighted by molar-refractivity contribution is 14.0. The number of aromatic nitrogens is 1. The molecule has 1 saturated heterocycles. The summed E-state index contributed by atoms with van der Waals surface area (Å²) in [5.41, 5.74) is 0. The van der Waals surface area contributed by atoms with Crippen molar-refractivity contribution in [3.05, 3.63) is 24.5 Å². The SMILES string of the molecule is CN=C(NCCOc1cccnc1)NC1CCN(CC2CCCCC2)CC1.I. The highest BCUT2D eigenvalue weighted by atomic mass is 127. The number of hydrogen-bond donors (Lipinski definition) is 2. The molecule has 0 radical (unpaired) electrons. The van der Waals surface area contributed by atoms with Crippen molar-refractivity contribution in [2.24, 2.45) is 10.9 Å². The maximum atomic E-state index is 5.66. The van der Waals surface area contributed by atoms with Crippen molar-refractivity contribution < 1.29 is 4.74 Å². The quantitative estimate of drug-likeness (QED) is 0.260. The summed E-state index contributed by atoms with van der Waals surface area (Å²) >= 11 is 0. The van der Waals surface area contributed by atoms with Crippen molar-refractivity contribution >= 4 is 29.9 Å². The van der Waals surface area contributed by atoms with Gasteiger partial charge < -0.3 is 20.3 Å². The van der Waals surface area contributed by atoms with E-state index < -0.39 is 0 Å². The van der Waals surface area contributed by atoms with E-state index in [0.29, 0.717) is 12.6 Å². The van der Waals surface area contributed by atoms with E-state index >= 15 is 0 Å². The van der Waals surface area contributed by atoms with Gasteiger partial charge in [-0.25, -0.2) is 0 Å². The number of halogens is 1. The van der Waals surface area contributed by atoms with Gasteiger partial charge in [-0.15, -0.1) is 24.0 Å². The molecule has 1 aromatic heterocycles. The van der Waals surface area contributed by atoms with E-state index in [-0.39, 0.29) is 24.0 Å². The predicted octanol–water partition coefficient (Wildman–Crippen LogP) is 3.29. The van der Waals surface area contributed by atoms with E-state index in [2.05, 4.69) is 25.5 Å². The molecular formula is C21H36IN5O. The zero-order valence-electron chi connectivity index (χ0n) is 17.1. The summed E-state index contributed by atoms with van der Waals surface area (Å²) in [7, 11) is 1.83. The van der Waals surface area contributed by atoms with Gasteiger partial charge >= 0.3 is 0 Å². The van der Waals surface area contributed by atoms with Crippen LogP contribution in [0.2, 0.25) is 0 Å². The minimum absolute atomic E-state index is 0. The topological polar surface area (TPSA) is 61.8 Å². The highest BCUT2D eigenvalue weighted by Gasteiger charge is 2.23. The second-order valence-electron chi connectivity index (χ2n) is 7.76. The van der Waals surface area contributed by atoms with E-state index in [1.807, 2.05) is 19.2 Å². The molecule has 1 aliphatic heterocycles. The molecule has 158 valence electrons. The summed E-state index contributed by atoms with van der Waals surface area (Å²) in [5.74, 6) is 2.61. The minimum atomic E-state index is 0. The molecule has 28 heavy (non-hydrogen) atoms. The number of hydrogen-bond acceptors (Lipinski definition) is 4. The minimum Gasteiger partial charge on any atom is -0.490 e. The Bertz CT molecular complexity index is 557. The number of nitrogens with one attached hydrogen (secondary N) is 2. The Kier molecular flexibility index (Phi) is 10.9. The normalized spacial score (nSPS) is 19.7. The molecule has 2 heterocycles. The summed E-state index contributed by atoms with van der Waals surface area (Å²) in [6.07, 6.45) is 13.1. The maximum absolute atomic E-state index is 5.66. The standard InChI is InChI=1S/C21H35N5O.HI/c1-22-21(24-12-15-27-20-8-5-11-23-16-20)25-19-9-13-26(14-10-19)17-18-6-3-2-4-7-18;/h5,8,11,16,18-19H,2-4,6-7,9-10,12-15,17H2,1H3,(H2,22,24,25);1H. The molecule has 2 N–H and O–H groups in total. The zero-order chi connectivity index (χ0) is 18.7. The van der Waals surface area contributed by atoms with Crippen molar-refractivity contribution in [1.82, 2.24) is 20.5 Å². The third kappa shape index (κ3) is 8.11. The van der Waals surface area contributed by atoms with Gasteiger partial charge in [-0.3, -0.25) is 9.98 Å². The van der Waals surface area contributed by atoms with Crippen molar-refractivity contribution in [3.63, 3.8) is 0 Å². The smallest absolute Gasteiger partial charge is 0.191 e. The van der Waals surface area contributed by atoms with Crippen LogP contribution in [0.1, 0.15) is 44.9 Å². The van der Waals surface area contributed by atoms with Gasteiger partial charge in [0.1, 0.15) is 12.4 Å². The second kappa shape index (κ2) is 13.2. The number of nitrogens with zero attached hydrogens (tertiary/aromatic N) is 3. The molecule has 3 rings (SSSR count). The van der Waals surface area contributed by atoms with Gasteiger partial charge in [0.2, 0.25) is 0 Å². The van der Waals surface area contributed by atoms with Crippen LogP contribution in [-0.2, 0) is 0 Å². The Balaban J connectivity index is 0.00000280.